The van der Waals surface area contributed by atoms with Gasteiger partial charge in [0.15, 0.2) is 11.5 Å². The standard InChI is InChI=1S/C28H31N3O3S/c32-28(21-35-25-11-12-26-27(19-25)34-18-4-17-33-26)29-23-7-9-24(10-8-23)31-15-13-30(14-16-31)20-22-5-2-1-3-6-22/h1-3,5-12,19H,4,13-18,20-21H2,(H,29,32). The number of thioether (sulfide) groups is 1. The number of amides is 1. The van der Waals surface area contributed by atoms with Gasteiger partial charge >= 0.3 is 0 Å². The normalized spacial score (nSPS) is 15.9. The van der Waals surface area contributed by atoms with E-state index in [9.17, 15) is 4.79 Å². The van der Waals surface area contributed by atoms with E-state index in [-0.39, 0.29) is 5.91 Å². The maximum atomic E-state index is 12.5. The van der Waals surface area contributed by atoms with E-state index in [1.807, 2.05) is 30.3 Å². The Morgan fingerprint density at radius 1 is 0.857 bits per heavy atom. The molecular weight excluding hydrogens is 458 g/mol. The topological polar surface area (TPSA) is 54.0 Å². The van der Waals surface area contributed by atoms with Crippen molar-refractivity contribution in [3.8, 4) is 11.5 Å². The van der Waals surface area contributed by atoms with Gasteiger partial charge in [0.1, 0.15) is 0 Å². The van der Waals surface area contributed by atoms with Gasteiger partial charge in [0.25, 0.3) is 0 Å². The molecule has 7 heteroatoms. The van der Waals surface area contributed by atoms with Gasteiger partial charge in [-0.1, -0.05) is 30.3 Å². The third kappa shape index (κ3) is 6.50. The summed E-state index contributed by atoms with van der Waals surface area (Å²) in [6.07, 6.45) is 0.878. The third-order valence-electron chi connectivity index (χ3n) is 6.23. The van der Waals surface area contributed by atoms with Gasteiger partial charge in [-0.15, -0.1) is 11.8 Å². The minimum Gasteiger partial charge on any atom is -0.490 e. The summed E-state index contributed by atoms with van der Waals surface area (Å²) < 4.78 is 11.4. The first-order valence-corrected chi connectivity index (χ1v) is 13.2. The van der Waals surface area contributed by atoms with Crippen molar-refractivity contribution in [2.24, 2.45) is 0 Å². The number of hydrogen-bond acceptors (Lipinski definition) is 6. The average Bonchev–Trinajstić information content (AvgIpc) is 3.14. The molecule has 2 heterocycles. The van der Waals surface area contributed by atoms with Gasteiger partial charge in [-0.2, -0.15) is 0 Å². The zero-order valence-corrected chi connectivity index (χ0v) is 20.6. The molecule has 182 valence electrons. The lowest BCUT2D eigenvalue weighted by molar-refractivity contribution is -0.113. The Hall–Kier alpha value is -3.16. The SMILES string of the molecule is O=C(CSc1ccc2c(c1)OCCCO2)Nc1ccc(N2CCN(Cc3ccccc3)CC2)cc1. The molecule has 0 unspecified atom stereocenters. The quantitative estimate of drug-likeness (QED) is 0.477. The van der Waals surface area contributed by atoms with Crippen molar-refractivity contribution in [2.45, 2.75) is 17.9 Å². The van der Waals surface area contributed by atoms with Crippen molar-refractivity contribution >= 4 is 29.0 Å². The van der Waals surface area contributed by atoms with Gasteiger partial charge in [0, 0.05) is 55.4 Å². The highest BCUT2D eigenvalue weighted by Gasteiger charge is 2.17. The lowest BCUT2D eigenvalue weighted by Crippen LogP contribution is -2.45. The van der Waals surface area contributed by atoms with E-state index in [2.05, 4.69) is 57.6 Å². The molecule has 0 radical (unpaired) electrons. The van der Waals surface area contributed by atoms with Crippen LogP contribution in [0.2, 0.25) is 0 Å². The van der Waals surface area contributed by atoms with Crippen molar-refractivity contribution in [3.63, 3.8) is 0 Å². The van der Waals surface area contributed by atoms with E-state index in [1.54, 1.807) is 0 Å². The third-order valence-corrected chi connectivity index (χ3v) is 7.22. The first kappa shape index (κ1) is 23.6. The Labute approximate surface area is 211 Å². The molecule has 3 aromatic rings. The lowest BCUT2D eigenvalue weighted by Gasteiger charge is -2.36. The van der Waals surface area contributed by atoms with Gasteiger partial charge in [-0.25, -0.2) is 0 Å². The monoisotopic (exact) mass is 489 g/mol. The van der Waals surface area contributed by atoms with E-state index in [4.69, 9.17) is 9.47 Å². The number of benzene rings is 3. The summed E-state index contributed by atoms with van der Waals surface area (Å²) in [5.74, 6) is 1.84. The molecule has 1 fully saturated rings. The molecule has 2 aliphatic rings. The number of rotatable bonds is 7. The number of nitrogens with one attached hydrogen (secondary N) is 1. The Morgan fingerprint density at radius 3 is 2.37 bits per heavy atom. The summed E-state index contributed by atoms with van der Waals surface area (Å²) in [5.41, 5.74) is 3.38. The van der Waals surface area contributed by atoms with Crippen LogP contribution in [0, 0.1) is 0 Å². The molecule has 0 atom stereocenters. The van der Waals surface area contributed by atoms with Crippen molar-refractivity contribution in [1.29, 1.82) is 0 Å². The zero-order chi connectivity index (χ0) is 23.9. The molecule has 0 aliphatic carbocycles. The first-order chi connectivity index (χ1) is 17.2. The summed E-state index contributed by atoms with van der Waals surface area (Å²) >= 11 is 1.49. The molecule has 0 spiro atoms. The van der Waals surface area contributed by atoms with Crippen LogP contribution < -0.4 is 19.7 Å². The number of piperazine rings is 1. The molecule has 2 aliphatic heterocycles. The van der Waals surface area contributed by atoms with Gasteiger partial charge in [0.05, 0.1) is 19.0 Å². The molecular formula is C28H31N3O3S. The molecule has 35 heavy (non-hydrogen) atoms. The second kappa shape index (κ2) is 11.5. The molecule has 5 rings (SSSR count). The zero-order valence-electron chi connectivity index (χ0n) is 19.8. The fourth-order valence-electron chi connectivity index (χ4n) is 4.34. The molecule has 3 aromatic carbocycles. The van der Waals surface area contributed by atoms with Crippen LogP contribution in [0.5, 0.6) is 11.5 Å². The van der Waals surface area contributed by atoms with Crippen LogP contribution in [-0.4, -0.2) is 56.0 Å². The Balaban J connectivity index is 1.08. The highest BCUT2D eigenvalue weighted by atomic mass is 32.2. The average molecular weight is 490 g/mol. The summed E-state index contributed by atoms with van der Waals surface area (Å²) in [6.45, 7) is 6.43. The predicted octanol–water partition coefficient (Wildman–Crippen LogP) is 4.90. The van der Waals surface area contributed by atoms with Gasteiger partial charge in [-0.05, 0) is 48.0 Å². The summed E-state index contributed by atoms with van der Waals surface area (Å²) in [7, 11) is 0. The lowest BCUT2D eigenvalue weighted by atomic mass is 10.2. The van der Waals surface area contributed by atoms with Crippen molar-refractivity contribution in [2.75, 3.05) is 55.4 Å². The number of ether oxygens (including phenoxy) is 2. The van der Waals surface area contributed by atoms with E-state index >= 15 is 0 Å². The molecule has 0 bridgehead atoms. The molecule has 0 saturated carbocycles. The number of anilines is 2. The van der Waals surface area contributed by atoms with Gasteiger partial charge in [-0.3, -0.25) is 9.69 Å². The highest BCUT2D eigenvalue weighted by Crippen LogP contribution is 2.34. The predicted molar refractivity (Wildman–Crippen MR) is 142 cm³/mol. The van der Waals surface area contributed by atoms with E-state index < -0.39 is 0 Å². The summed E-state index contributed by atoms with van der Waals surface area (Å²) in [4.78, 5) is 18.4. The fourth-order valence-corrected chi connectivity index (χ4v) is 5.07. The maximum absolute atomic E-state index is 12.5. The minimum absolute atomic E-state index is 0.0237. The Morgan fingerprint density at radius 2 is 1.60 bits per heavy atom. The molecule has 1 amide bonds. The number of hydrogen-bond donors (Lipinski definition) is 1. The number of fused-ring (bicyclic) bond motifs is 1. The molecule has 1 N–H and O–H groups in total. The van der Waals surface area contributed by atoms with Crippen LogP contribution >= 0.6 is 11.8 Å². The van der Waals surface area contributed by atoms with Crippen LogP contribution in [0.4, 0.5) is 11.4 Å². The van der Waals surface area contributed by atoms with E-state index in [0.717, 1.165) is 61.2 Å². The smallest absolute Gasteiger partial charge is 0.234 e. The summed E-state index contributed by atoms with van der Waals surface area (Å²) in [5, 5.41) is 3.01. The highest BCUT2D eigenvalue weighted by molar-refractivity contribution is 8.00. The van der Waals surface area contributed by atoms with Gasteiger partial charge in [0.2, 0.25) is 5.91 Å². The molecule has 6 nitrogen and oxygen atoms in total. The summed E-state index contributed by atoms with van der Waals surface area (Å²) in [6, 6.07) is 24.7. The fraction of sp³-hybridized carbons (Fsp3) is 0.321. The van der Waals surface area contributed by atoms with Crippen molar-refractivity contribution in [1.82, 2.24) is 4.90 Å². The Bertz CT molecular complexity index is 1120. The second-order valence-corrected chi connectivity index (χ2v) is 9.84. The number of nitrogens with zero attached hydrogens (tertiary/aromatic N) is 2. The first-order valence-electron chi connectivity index (χ1n) is 12.2. The van der Waals surface area contributed by atoms with E-state index in [0.29, 0.717) is 19.0 Å². The van der Waals surface area contributed by atoms with Crippen molar-refractivity contribution in [3.05, 3.63) is 78.4 Å². The van der Waals surface area contributed by atoms with Crippen LogP contribution in [0.1, 0.15) is 12.0 Å². The van der Waals surface area contributed by atoms with Gasteiger partial charge < -0.3 is 19.7 Å². The van der Waals surface area contributed by atoms with Crippen LogP contribution in [-0.2, 0) is 11.3 Å². The molecule has 1 saturated heterocycles. The molecule has 0 aromatic heterocycles. The Kier molecular flexibility index (Phi) is 7.75. The largest absolute Gasteiger partial charge is 0.490 e. The van der Waals surface area contributed by atoms with Crippen LogP contribution in [0.15, 0.2) is 77.7 Å². The second-order valence-electron chi connectivity index (χ2n) is 8.79. The number of carbonyl (C=O) groups excluding carboxylic acids is 1. The number of carbonyl (C=O) groups is 1. The van der Waals surface area contributed by atoms with Crippen LogP contribution in [0.3, 0.4) is 0 Å². The van der Waals surface area contributed by atoms with Crippen LogP contribution in [0.25, 0.3) is 0 Å². The van der Waals surface area contributed by atoms with Crippen molar-refractivity contribution < 1.29 is 14.3 Å². The van der Waals surface area contributed by atoms with E-state index in [1.165, 1.54) is 23.0 Å². The maximum Gasteiger partial charge on any atom is 0.234 e. The minimum atomic E-state index is -0.0237.